The highest BCUT2D eigenvalue weighted by Crippen LogP contribution is 2.66. The summed E-state index contributed by atoms with van der Waals surface area (Å²) in [5, 5.41) is 12.1. The standard InChI is InChI=1S/C24H41NO3/c1-4-17(15-26)25-22(27)28-18-9-13-24(3)16(14-18)7-8-19-20-6-5-11-23(20,2)12-10-21(19)24/h16-21,26H,4-15H2,1-3H3,(H,25,27)/t16?,17?,18?,19-,20-,21+,23-,24-/m0/s1. The van der Waals surface area contributed by atoms with Crippen molar-refractivity contribution in [1.29, 1.82) is 0 Å². The lowest BCUT2D eigenvalue weighted by atomic mass is 9.45. The number of alkyl carbamates (subject to hydrolysis) is 1. The predicted octanol–water partition coefficient (Wildman–Crippen LogP) is 5.28. The van der Waals surface area contributed by atoms with Gasteiger partial charge in [-0.3, -0.25) is 0 Å². The molecule has 0 aromatic carbocycles. The lowest BCUT2D eigenvalue weighted by Gasteiger charge is -2.60. The van der Waals surface area contributed by atoms with E-state index in [2.05, 4.69) is 19.2 Å². The molecular weight excluding hydrogens is 350 g/mol. The highest BCUT2D eigenvalue weighted by Gasteiger charge is 2.58. The van der Waals surface area contributed by atoms with Crippen molar-refractivity contribution >= 4 is 6.09 Å². The molecule has 4 saturated carbocycles. The minimum Gasteiger partial charge on any atom is -0.446 e. The summed E-state index contributed by atoms with van der Waals surface area (Å²) in [7, 11) is 0. The summed E-state index contributed by atoms with van der Waals surface area (Å²) in [6, 6.07) is -0.195. The minimum absolute atomic E-state index is 0.0277. The average molecular weight is 392 g/mol. The summed E-state index contributed by atoms with van der Waals surface area (Å²) in [6.45, 7) is 7.08. The van der Waals surface area contributed by atoms with Crippen LogP contribution in [0.15, 0.2) is 0 Å². The van der Waals surface area contributed by atoms with Crippen molar-refractivity contribution in [3.8, 4) is 0 Å². The van der Waals surface area contributed by atoms with E-state index >= 15 is 0 Å². The maximum atomic E-state index is 12.2. The fourth-order valence-electron chi connectivity index (χ4n) is 7.95. The number of fused-ring (bicyclic) bond motifs is 5. The van der Waals surface area contributed by atoms with Crippen LogP contribution in [0, 0.1) is 34.5 Å². The number of rotatable bonds is 4. The molecule has 4 nitrogen and oxygen atoms in total. The minimum atomic E-state index is -0.345. The Bertz CT molecular complexity index is 576. The van der Waals surface area contributed by atoms with Gasteiger partial charge in [-0.1, -0.05) is 27.2 Å². The molecule has 4 aliphatic rings. The van der Waals surface area contributed by atoms with Crippen molar-refractivity contribution in [3.05, 3.63) is 0 Å². The van der Waals surface area contributed by atoms with E-state index in [1.54, 1.807) is 0 Å². The molecular formula is C24H41NO3. The highest BCUT2D eigenvalue weighted by molar-refractivity contribution is 5.67. The Balaban J connectivity index is 1.38. The third-order valence-corrected chi connectivity index (χ3v) is 9.71. The van der Waals surface area contributed by atoms with Crippen LogP contribution in [-0.4, -0.2) is 30.0 Å². The molecule has 0 radical (unpaired) electrons. The second kappa shape index (κ2) is 7.81. The fraction of sp³-hybridized carbons (Fsp3) is 0.958. The van der Waals surface area contributed by atoms with Crippen LogP contribution in [0.25, 0.3) is 0 Å². The molecule has 8 atom stereocenters. The van der Waals surface area contributed by atoms with Gasteiger partial charge in [0.25, 0.3) is 0 Å². The number of hydrogen-bond acceptors (Lipinski definition) is 3. The van der Waals surface area contributed by atoms with Crippen LogP contribution in [-0.2, 0) is 4.74 Å². The number of aliphatic hydroxyl groups excluding tert-OH is 1. The third kappa shape index (κ3) is 3.48. The fourth-order valence-corrected chi connectivity index (χ4v) is 7.95. The second-order valence-electron chi connectivity index (χ2n) is 11.0. The quantitative estimate of drug-likeness (QED) is 0.685. The third-order valence-electron chi connectivity index (χ3n) is 9.71. The number of carbonyl (C=O) groups is 1. The van der Waals surface area contributed by atoms with E-state index < -0.39 is 0 Å². The summed E-state index contributed by atoms with van der Waals surface area (Å²) < 4.78 is 5.78. The Morgan fingerprint density at radius 3 is 2.68 bits per heavy atom. The number of nitrogens with one attached hydrogen (secondary N) is 1. The first kappa shape index (κ1) is 20.5. The Morgan fingerprint density at radius 1 is 1.11 bits per heavy atom. The van der Waals surface area contributed by atoms with Crippen molar-refractivity contribution in [2.45, 2.75) is 104 Å². The van der Waals surface area contributed by atoms with Gasteiger partial charge in [-0.2, -0.15) is 0 Å². The Labute approximate surface area is 171 Å². The van der Waals surface area contributed by atoms with Gasteiger partial charge in [0.05, 0.1) is 12.6 Å². The molecule has 4 aliphatic carbocycles. The van der Waals surface area contributed by atoms with E-state index in [0.29, 0.717) is 16.7 Å². The van der Waals surface area contributed by atoms with Gasteiger partial charge in [0, 0.05) is 0 Å². The van der Waals surface area contributed by atoms with Crippen LogP contribution in [0.5, 0.6) is 0 Å². The second-order valence-corrected chi connectivity index (χ2v) is 11.0. The number of aliphatic hydroxyl groups is 1. The first-order chi connectivity index (χ1) is 13.4. The van der Waals surface area contributed by atoms with Crippen LogP contribution in [0.4, 0.5) is 4.79 Å². The zero-order valence-electron chi connectivity index (χ0n) is 18.2. The van der Waals surface area contributed by atoms with Crippen molar-refractivity contribution < 1.29 is 14.6 Å². The highest BCUT2D eigenvalue weighted by atomic mass is 16.6. The summed E-state index contributed by atoms with van der Waals surface area (Å²) in [6.07, 6.45) is 13.6. The van der Waals surface area contributed by atoms with Gasteiger partial charge in [-0.15, -0.1) is 0 Å². The maximum absolute atomic E-state index is 12.2. The maximum Gasteiger partial charge on any atom is 0.407 e. The molecule has 0 saturated heterocycles. The molecule has 4 fully saturated rings. The molecule has 28 heavy (non-hydrogen) atoms. The molecule has 0 heterocycles. The Kier molecular flexibility index (Phi) is 5.72. The largest absolute Gasteiger partial charge is 0.446 e. The molecule has 0 aromatic heterocycles. The molecule has 0 spiro atoms. The van der Waals surface area contributed by atoms with Gasteiger partial charge in [-0.25, -0.2) is 4.79 Å². The molecule has 4 rings (SSSR count). The molecule has 0 aliphatic heterocycles. The predicted molar refractivity (Wildman–Crippen MR) is 111 cm³/mol. The summed E-state index contributed by atoms with van der Waals surface area (Å²) in [4.78, 5) is 12.2. The van der Waals surface area contributed by atoms with E-state index in [-0.39, 0.29) is 24.8 Å². The molecule has 2 N–H and O–H groups in total. The Hall–Kier alpha value is -0.770. The van der Waals surface area contributed by atoms with Gasteiger partial charge in [0.2, 0.25) is 0 Å². The first-order valence-electron chi connectivity index (χ1n) is 12.0. The van der Waals surface area contributed by atoms with Gasteiger partial charge in [0.1, 0.15) is 6.10 Å². The van der Waals surface area contributed by atoms with Crippen LogP contribution in [0.1, 0.15) is 91.4 Å². The molecule has 160 valence electrons. The molecule has 4 heteroatoms. The van der Waals surface area contributed by atoms with E-state index in [4.69, 9.17) is 4.74 Å². The number of ether oxygens (including phenoxy) is 1. The molecule has 1 amide bonds. The van der Waals surface area contributed by atoms with Crippen molar-refractivity contribution in [1.82, 2.24) is 5.32 Å². The van der Waals surface area contributed by atoms with Crippen LogP contribution >= 0.6 is 0 Å². The van der Waals surface area contributed by atoms with Gasteiger partial charge >= 0.3 is 6.09 Å². The lowest BCUT2D eigenvalue weighted by molar-refractivity contribution is -0.121. The van der Waals surface area contributed by atoms with Crippen molar-refractivity contribution in [2.24, 2.45) is 34.5 Å². The SMILES string of the molecule is CCC(CO)NC(=O)OC1CC[C@@]2(C)C(CC[C@@H]3[C@H]2CC[C@]2(C)CCC[C@@H]32)C1. The van der Waals surface area contributed by atoms with Crippen LogP contribution in [0.2, 0.25) is 0 Å². The van der Waals surface area contributed by atoms with E-state index in [1.165, 1.54) is 51.4 Å². The van der Waals surface area contributed by atoms with Crippen LogP contribution in [0.3, 0.4) is 0 Å². The first-order valence-corrected chi connectivity index (χ1v) is 12.0. The monoisotopic (exact) mass is 391 g/mol. The number of hydrogen-bond donors (Lipinski definition) is 2. The summed E-state index contributed by atoms with van der Waals surface area (Å²) >= 11 is 0. The zero-order valence-corrected chi connectivity index (χ0v) is 18.2. The number of amides is 1. The van der Waals surface area contributed by atoms with E-state index in [1.807, 2.05) is 6.92 Å². The van der Waals surface area contributed by atoms with Gasteiger partial charge in [0.15, 0.2) is 0 Å². The Morgan fingerprint density at radius 2 is 1.93 bits per heavy atom. The van der Waals surface area contributed by atoms with Crippen LogP contribution < -0.4 is 5.32 Å². The van der Waals surface area contributed by atoms with E-state index in [0.717, 1.165) is 37.0 Å². The van der Waals surface area contributed by atoms with Gasteiger partial charge < -0.3 is 15.2 Å². The lowest BCUT2D eigenvalue weighted by Crippen LogP contribution is -2.53. The average Bonchev–Trinajstić information content (AvgIpc) is 3.08. The smallest absolute Gasteiger partial charge is 0.407 e. The number of carbonyl (C=O) groups excluding carboxylic acids is 1. The normalized spacial score (nSPS) is 46.1. The zero-order chi connectivity index (χ0) is 19.9. The molecule has 0 aromatic rings. The molecule has 3 unspecified atom stereocenters. The van der Waals surface area contributed by atoms with Crippen molar-refractivity contribution in [3.63, 3.8) is 0 Å². The summed E-state index contributed by atoms with van der Waals surface area (Å²) in [5.41, 5.74) is 1.07. The van der Waals surface area contributed by atoms with E-state index in [9.17, 15) is 9.90 Å². The topological polar surface area (TPSA) is 58.6 Å². The molecule has 0 bridgehead atoms. The van der Waals surface area contributed by atoms with Gasteiger partial charge in [-0.05, 0) is 98.7 Å². The summed E-state index contributed by atoms with van der Waals surface area (Å²) in [5.74, 6) is 3.49. The van der Waals surface area contributed by atoms with Crippen molar-refractivity contribution in [2.75, 3.05) is 6.61 Å².